The van der Waals surface area contributed by atoms with Gasteiger partial charge in [-0.15, -0.1) is 10.2 Å². The molecule has 0 amide bonds. The summed E-state index contributed by atoms with van der Waals surface area (Å²) in [6.45, 7) is 3.87. The van der Waals surface area contributed by atoms with Crippen molar-refractivity contribution in [2.75, 3.05) is 0 Å². The van der Waals surface area contributed by atoms with Crippen molar-refractivity contribution in [1.29, 1.82) is 0 Å². The van der Waals surface area contributed by atoms with Gasteiger partial charge in [0.05, 0.1) is 0 Å². The average molecular weight is 260 g/mol. The van der Waals surface area contributed by atoms with Crippen LogP contribution in [0, 0.1) is 13.8 Å². The molecule has 3 rings (SSSR count). The molecule has 0 radical (unpaired) electrons. The van der Waals surface area contributed by atoms with Crippen LogP contribution in [-0.2, 0) is 0 Å². The lowest BCUT2D eigenvalue weighted by atomic mass is 10.2. The summed E-state index contributed by atoms with van der Waals surface area (Å²) in [5, 5.41) is 13.0. The summed E-state index contributed by atoms with van der Waals surface area (Å²) >= 11 is 6.10. The number of aromatic nitrogens is 5. The predicted molar refractivity (Wildman–Crippen MR) is 68.5 cm³/mol. The summed E-state index contributed by atoms with van der Waals surface area (Å²) in [7, 11) is 0. The maximum Gasteiger partial charge on any atom is 0.203 e. The molecular formula is C12H10ClN5. The first-order chi connectivity index (χ1) is 8.68. The number of fused-ring (bicyclic) bond motifs is 1. The van der Waals surface area contributed by atoms with Crippen molar-refractivity contribution in [2.24, 2.45) is 0 Å². The van der Waals surface area contributed by atoms with E-state index in [1.165, 1.54) is 0 Å². The topological polar surface area (TPSA) is 56.0 Å². The first kappa shape index (κ1) is 11.1. The maximum atomic E-state index is 6.10. The van der Waals surface area contributed by atoms with Gasteiger partial charge in [0.1, 0.15) is 5.69 Å². The quantitative estimate of drug-likeness (QED) is 0.674. The summed E-state index contributed by atoms with van der Waals surface area (Å²) in [5.41, 5.74) is 3.32. The van der Waals surface area contributed by atoms with E-state index < -0.39 is 0 Å². The van der Waals surface area contributed by atoms with Crippen LogP contribution in [0.5, 0.6) is 0 Å². The number of halogens is 1. The second-order valence-corrected chi connectivity index (χ2v) is 4.37. The summed E-state index contributed by atoms with van der Waals surface area (Å²) < 4.78 is 1.63. The molecule has 6 heteroatoms. The lowest BCUT2D eigenvalue weighted by molar-refractivity contribution is 0.914. The molecule has 0 N–H and O–H groups in total. The van der Waals surface area contributed by atoms with Gasteiger partial charge in [0, 0.05) is 11.8 Å². The van der Waals surface area contributed by atoms with Crippen molar-refractivity contribution in [2.45, 2.75) is 13.8 Å². The molecule has 90 valence electrons. The van der Waals surface area contributed by atoms with Gasteiger partial charge < -0.3 is 0 Å². The Hall–Kier alpha value is -2.01. The van der Waals surface area contributed by atoms with E-state index in [9.17, 15) is 0 Å². The molecule has 0 atom stereocenters. The average Bonchev–Trinajstić information content (AvgIpc) is 2.81. The lowest BCUT2D eigenvalue weighted by Gasteiger charge is -2.04. The van der Waals surface area contributed by atoms with E-state index in [0.717, 1.165) is 16.8 Å². The van der Waals surface area contributed by atoms with E-state index in [-0.39, 0.29) is 0 Å². The minimum atomic E-state index is 0.456. The third-order valence-corrected chi connectivity index (χ3v) is 3.29. The van der Waals surface area contributed by atoms with Crippen LogP contribution in [0.15, 0.2) is 24.4 Å². The highest BCUT2D eigenvalue weighted by molar-refractivity contribution is 6.30. The van der Waals surface area contributed by atoms with Crippen molar-refractivity contribution in [3.63, 3.8) is 0 Å². The lowest BCUT2D eigenvalue weighted by Crippen LogP contribution is -2.00. The second kappa shape index (κ2) is 4.03. The largest absolute Gasteiger partial charge is 0.253 e. The molecule has 3 aromatic heterocycles. The first-order valence-electron chi connectivity index (χ1n) is 5.48. The SMILES string of the molecule is Cc1c(Cl)nn2c(-c3ccccn3)nnc2c1C. The van der Waals surface area contributed by atoms with Crippen LogP contribution in [-0.4, -0.2) is 24.8 Å². The molecule has 18 heavy (non-hydrogen) atoms. The molecule has 0 saturated heterocycles. The van der Waals surface area contributed by atoms with Crippen LogP contribution in [0.3, 0.4) is 0 Å². The Bertz CT molecular complexity index is 720. The van der Waals surface area contributed by atoms with Crippen LogP contribution in [0.2, 0.25) is 5.15 Å². The molecule has 3 aromatic rings. The highest BCUT2D eigenvalue weighted by Gasteiger charge is 2.15. The zero-order chi connectivity index (χ0) is 12.7. The normalized spacial score (nSPS) is 11.1. The van der Waals surface area contributed by atoms with Gasteiger partial charge in [-0.25, -0.2) is 0 Å². The number of rotatable bonds is 1. The van der Waals surface area contributed by atoms with E-state index in [2.05, 4.69) is 20.3 Å². The number of aryl methyl sites for hydroxylation is 1. The predicted octanol–water partition coefficient (Wildman–Crippen LogP) is 2.46. The fraction of sp³-hybridized carbons (Fsp3) is 0.167. The van der Waals surface area contributed by atoms with E-state index in [0.29, 0.717) is 16.6 Å². The Morgan fingerprint density at radius 2 is 1.94 bits per heavy atom. The summed E-state index contributed by atoms with van der Waals surface area (Å²) in [6, 6.07) is 5.61. The zero-order valence-corrected chi connectivity index (χ0v) is 10.7. The first-order valence-corrected chi connectivity index (χ1v) is 5.86. The van der Waals surface area contributed by atoms with Gasteiger partial charge in [-0.2, -0.15) is 9.61 Å². The molecule has 5 nitrogen and oxygen atoms in total. The minimum absolute atomic E-state index is 0.456. The molecule has 0 aliphatic carbocycles. The Morgan fingerprint density at radius 1 is 1.11 bits per heavy atom. The van der Waals surface area contributed by atoms with Crippen molar-refractivity contribution in [3.8, 4) is 11.5 Å². The number of pyridine rings is 1. The molecule has 3 heterocycles. The van der Waals surface area contributed by atoms with Crippen LogP contribution in [0.4, 0.5) is 0 Å². The summed E-state index contributed by atoms with van der Waals surface area (Å²) in [4.78, 5) is 4.25. The number of hydrogen-bond donors (Lipinski definition) is 0. The zero-order valence-electron chi connectivity index (χ0n) is 9.92. The molecular weight excluding hydrogens is 250 g/mol. The smallest absolute Gasteiger partial charge is 0.203 e. The van der Waals surface area contributed by atoms with Gasteiger partial charge in [0.2, 0.25) is 5.82 Å². The van der Waals surface area contributed by atoms with Gasteiger partial charge in [0.15, 0.2) is 10.8 Å². The van der Waals surface area contributed by atoms with Crippen LogP contribution < -0.4 is 0 Å². The van der Waals surface area contributed by atoms with Crippen molar-refractivity contribution in [3.05, 3.63) is 40.7 Å². The van der Waals surface area contributed by atoms with Gasteiger partial charge >= 0.3 is 0 Å². The van der Waals surface area contributed by atoms with Gasteiger partial charge in [-0.05, 0) is 31.5 Å². The van der Waals surface area contributed by atoms with Crippen molar-refractivity contribution < 1.29 is 0 Å². The van der Waals surface area contributed by atoms with Gasteiger partial charge in [0.25, 0.3) is 0 Å². The summed E-state index contributed by atoms with van der Waals surface area (Å²) in [6.07, 6.45) is 1.71. The Morgan fingerprint density at radius 3 is 2.67 bits per heavy atom. The van der Waals surface area contributed by atoms with Crippen LogP contribution >= 0.6 is 11.6 Å². The molecule has 0 aliphatic rings. The fourth-order valence-corrected chi connectivity index (χ4v) is 1.97. The second-order valence-electron chi connectivity index (χ2n) is 4.01. The summed E-state index contributed by atoms with van der Waals surface area (Å²) in [5.74, 6) is 0.593. The molecule has 0 bridgehead atoms. The Balaban J connectivity index is 2.34. The highest BCUT2D eigenvalue weighted by Crippen LogP contribution is 2.22. The third-order valence-electron chi connectivity index (χ3n) is 2.93. The molecule has 0 spiro atoms. The molecule has 0 saturated carbocycles. The van der Waals surface area contributed by atoms with Gasteiger partial charge in [-0.1, -0.05) is 17.7 Å². The van der Waals surface area contributed by atoms with Crippen molar-refractivity contribution in [1.82, 2.24) is 24.8 Å². The Labute approximate surface area is 108 Å². The third kappa shape index (κ3) is 1.55. The van der Waals surface area contributed by atoms with E-state index in [4.69, 9.17) is 11.6 Å². The molecule has 0 aliphatic heterocycles. The Kier molecular flexibility index (Phi) is 2.48. The molecule has 0 unspecified atom stereocenters. The monoisotopic (exact) mass is 259 g/mol. The van der Waals surface area contributed by atoms with Crippen LogP contribution in [0.1, 0.15) is 11.1 Å². The van der Waals surface area contributed by atoms with Gasteiger partial charge in [-0.3, -0.25) is 4.98 Å². The highest BCUT2D eigenvalue weighted by atomic mass is 35.5. The van der Waals surface area contributed by atoms with E-state index in [1.807, 2.05) is 32.0 Å². The van der Waals surface area contributed by atoms with E-state index in [1.54, 1.807) is 10.7 Å². The van der Waals surface area contributed by atoms with Crippen molar-refractivity contribution >= 4 is 17.2 Å². The minimum Gasteiger partial charge on any atom is -0.253 e. The number of hydrogen-bond acceptors (Lipinski definition) is 4. The maximum absolute atomic E-state index is 6.10. The fourth-order valence-electron chi connectivity index (χ4n) is 1.75. The van der Waals surface area contributed by atoms with E-state index >= 15 is 0 Å². The molecule has 0 fully saturated rings. The standard InChI is InChI=1S/C12H10ClN5/c1-7-8(2)11-15-16-12(18(11)17-10(7)13)9-5-3-4-6-14-9/h3-6H,1-2H3. The number of nitrogens with zero attached hydrogens (tertiary/aromatic N) is 5. The molecule has 0 aromatic carbocycles. The van der Waals surface area contributed by atoms with Crippen LogP contribution in [0.25, 0.3) is 17.2 Å².